The lowest BCUT2D eigenvalue weighted by atomic mass is 9.96. The van der Waals surface area contributed by atoms with Gasteiger partial charge >= 0.3 is 0 Å². The number of aromatic nitrogens is 5. The molecule has 4 heterocycles. The van der Waals surface area contributed by atoms with E-state index in [1.54, 1.807) is 5.51 Å². The molecule has 2 aliphatic rings. The Hall–Kier alpha value is -2.85. The van der Waals surface area contributed by atoms with Crippen molar-refractivity contribution in [2.75, 3.05) is 31.2 Å². The first-order valence-corrected chi connectivity index (χ1v) is 10.1. The Morgan fingerprint density at radius 2 is 2.11 bits per heavy atom. The zero-order valence-corrected chi connectivity index (χ0v) is 15.9. The number of aromatic amines is 1. The number of primary amides is 1. The Kier molecular flexibility index (Phi) is 4.29. The lowest BCUT2D eigenvalue weighted by molar-refractivity contribution is 0.0996. The number of hydrogen-bond donors (Lipinski definition) is 2. The number of H-pyrrole nitrogens is 1. The maximum atomic E-state index is 12.4. The topological polar surface area (TPSA) is 123 Å². The van der Waals surface area contributed by atoms with Gasteiger partial charge in [0.05, 0.1) is 41.4 Å². The summed E-state index contributed by atoms with van der Waals surface area (Å²) in [5.41, 5.74) is 11.7. The average Bonchev–Trinajstić information content (AvgIpc) is 3.18. The fourth-order valence-electron chi connectivity index (χ4n) is 3.66. The van der Waals surface area contributed by atoms with Crippen LogP contribution in [-0.4, -0.2) is 57.4 Å². The first-order chi connectivity index (χ1) is 13.7. The van der Waals surface area contributed by atoms with Gasteiger partial charge in [0.15, 0.2) is 5.82 Å². The van der Waals surface area contributed by atoms with Crippen molar-refractivity contribution < 1.29 is 9.53 Å². The molecule has 2 fully saturated rings. The van der Waals surface area contributed by atoms with Crippen LogP contribution in [0.3, 0.4) is 0 Å². The van der Waals surface area contributed by atoms with Gasteiger partial charge in [0.1, 0.15) is 12.0 Å². The third kappa shape index (κ3) is 2.94. The second kappa shape index (κ2) is 6.95. The van der Waals surface area contributed by atoms with Gasteiger partial charge in [-0.2, -0.15) is 0 Å². The predicted molar refractivity (Wildman–Crippen MR) is 104 cm³/mol. The molecule has 0 spiro atoms. The van der Waals surface area contributed by atoms with Gasteiger partial charge in [-0.3, -0.25) is 4.79 Å². The molecule has 1 aliphatic carbocycles. The summed E-state index contributed by atoms with van der Waals surface area (Å²) in [5.74, 6) is 0.331. The van der Waals surface area contributed by atoms with E-state index >= 15 is 0 Å². The van der Waals surface area contributed by atoms with Crippen molar-refractivity contribution in [2.24, 2.45) is 5.73 Å². The van der Waals surface area contributed by atoms with E-state index in [1.807, 2.05) is 5.38 Å². The molecule has 0 atom stereocenters. The SMILES string of the molecule is NC(=O)c1nc(C2CC2)c(N2CCOCC2)c(-c2nnc[nH]2)c1-c1cscn1. The third-order valence-electron chi connectivity index (χ3n) is 5.07. The van der Waals surface area contributed by atoms with Crippen LogP contribution in [0.25, 0.3) is 22.6 Å². The smallest absolute Gasteiger partial charge is 0.268 e. The average molecular weight is 397 g/mol. The van der Waals surface area contributed by atoms with Gasteiger partial charge in [0, 0.05) is 30.0 Å². The molecule has 3 aromatic heterocycles. The van der Waals surface area contributed by atoms with E-state index < -0.39 is 5.91 Å². The number of nitrogens with one attached hydrogen (secondary N) is 1. The van der Waals surface area contributed by atoms with Crippen LogP contribution in [0.15, 0.2) is 17.2 Å². The van der Waals surface area contributed by atoms with E-state index in [0.29, 0.717) is 36.2 Å². The number of ether oxygens (including phenoxy) is 1. The van der Waals surface area contributed by atoms with Crippen molar-refractivity contribution in [3.8, 4) is 22.6 Å². The van der Waals surface area contributed by atoms with Crippen LogP contribution in [0.2, 0.25) is 0 Å². The molecular weight excluding hydrogens is 378 g/mol. The molecular formula is C18H19N7O2S. The first-order valence-electron chi connectivity index (χ1n) is 9.19. The van der Waals surface area contributed by atoms with E-state index in [4.69, 9.17) is 15.5 Å². The maximum Gasteiger partial charge on any atom is 0.268 e. The standard InChI is InChI=1S/C18H19N7O2S/c19-17(26)15-12(11-7-28-9-21-11)13(18-20-8-22-24-18)16(14(23-15)10-1-2-10)25-3-5-27-6-4-25/h7-10H,1-6H2,(H2,19,26)(H,20,22,24). The second-order valence-electron chi connectivity index (χ2n) is 6.89. The Morgan fingerprint density at radius 3 is 2.71 bits per heavy atom. The monoisotopic (exact) mass is 397 g/mol. The molecule has 0 aromatic carbocycles. The Labute approximate surface area is 165 Å². The Bertz CT molecular complexity index is 994. The lowest BCUT2D eigenvalue weighted by Gasteiger charge is -2.33. The summed E-state index contributed by atoms with van der Waals surface area (Å²) in [4.78, 5) is 27.0. The molecule has 0 radical (unpaired) electrons. The number of morpholine rings is 1. The van der Waals surface area contributed by atoms with Crippen molar-refractivity contribution in [3.05, 3.63) is 28.6 Å². The highest BCUT2D eigenvalue weighted by atomic mass is 32.1. The van der Waals surface area contributed by atoms with Gasteiger partial charge in [-0.05, 0) is 12.8 Å². The van der Waals surface area contributed by atoms with Crippen molar-refractivity contribution in [3.63, 3.8) is 0 Å². The number of hydrogen-bond acceptors (Lipinski definition) is 8. The zero-order chi connectivity index (χ0) is 19.1. The van der Waals surface area contributed by atoms with Crippen LogP contribution in [0.1, 0.15) is 34.9 Å². The molecule has 1 aliphatic heterocycles. The fourth-order valence-corrected chi connectivity index (χ4v) is 4.21. The Morgan fingerprint density at radius 1 is 1.29 bits per heavy atom. The van der Waals surface area contributed by atoms with Crippen LogP contribution in [0, 0.1) is 0 Å². The number of thiazole rings is 1. The number of carbonyl (C=O) groups is 1. The molecule has 3 N–H and O–H groups in total. The number of carbonyl (C=O) groups excluding carboxylic acids is 1. The van der Waals surface area contributed by atoms with E-state index in [-0.39, 0.29) is 5.69 Å². The first kappa shape index (κ1) is 17.3. The zero-order valence-electron chi connectivity index (χ0n) is 15.1. The van der Waals surface area contributed by atoms with Crippen LogP contribution < -0.4 is 10.6 Å². The summed E-state index contributed by atoms with van der Waals surface area (Å²) < 4.78 is 5.55. The summed E-state index contributed by atoms with van der Waals surface area (Å²) in [7, 11) is 0. The van der Waals surface area contributed by atoms with Gasteiger partial charge in [-0.1, -0.05) is 0 Å². The molecule has 144 valence electrons. The quantitative estimate of drug-likeness (QED) is 0.673. The van der Waals surface area contributed by atoms with Gasteiger partial charge in [-0.15, -0.1) is 21.5 Å². The second-order valence-corrected chi connectivity index (χ2v) is 7.61. The van der Waals surface area contributed by atoms with Gasteiger partial charge < -0.3 is 20.4 Å². The molecule has 9 nitrogen and oxygen atoms in total. The summed E-state index contributed by atoms with van der Waals surface area (Å²) in [6.07, 6.45) is 3.63. The van der Waals surface area contributed by atoms with Crippen molar-refractivity contribution in [2.45, 2.75) is 18.8 Å². The van der Waals surface area contributed by atoms with E-state index in [1.165, 1.54) is 17.7 Å². The van der Waals surface area contributed by atoms with Crippen LogP contribution >= 0.6 is 11.3 Å². The largest absolute Gasteiger partial charge is 0.378 e. The molecule has 5 rings (SSSR count). The summed E-state index contributed by atoms with van der Waals surface area (Å²) in [6, 6.07) is 0. The number of amides is 1. The molecule has 10 heteroatoms. The Balaban J connectivity index is 1.86. The number of nitrogens with two attached hydrogens (primary N) is 1. The maximum absolute atomic E-state index is 12.4. The molecule has 1 amide bonds. The van der Waals surface area contributed by atoms with Crippen molar-refractivity contribution in [1.82, 2.24) is 25.1 Å². The number of rotatable bonds is 5. The predicted octanol–water partition coefficient (Wildman–Crippen LogP) is 1.80. The summed E-state index contributed by atoms with van der Waals surface area (Å²) in [5, 5.41) is 10.1. The minimum Gasteiger partial charge on any atom is -0.378 e. The lowest BCUT2D eigenvalue weighted by Crippen LogP contribution is -2.37. The van der Waals surface area contributed by atoms with Gasteiger partial charge in [0.25, 0.3) is 5.91 Å². The highest BCUT2D eigenvalue weighted by molar-refractivity contribution is 7.07. The molecule has 0 bridgehead atoms. The van der Waals surface area contributed by atoms with Gasteiger partial charge in [-0.25, -0.2) is 9.97 Å². The fraction of sp³-hybridized carbons (Fsp3) is 0.389. The molecule has 1 saturated heterocycles. The van der Waals surface area contributed by atoms with E-state index in [9.17, 15) is 4.79 Å². The summed E-state index contributed by atoms with van der Waals surface area (Å²) in [6.45, 7) is 2.77. The minimum atomic E-state index is -0.570. The number of anilines is 1. The highest BCUT2D eigenvalue weighted by Gasteiger charge is 2.36. The summed E-state index contributed by atoms with van der Waals surface area (Å²) >= 11 is 1.45. The van der Waals surface area contributed by atoms with E-state index in [2.05, 4.69) is 25.1 Å². The third-order valence-corrected chi connectivity index (χ3v) is 5.65. The van der Waals surface area contributed by atoms with Crippen LogP contribution in [0.4, 0.5) is 5.69 Å². The number of nitrogens with zero attached hydrogens (tertiary/aromatic N) is 5. The van der Waals surface area contributed by atoms with Crippen molar-refractivity contribution >= 4 is 22.9 Å². The molecule has 28 heavy (non-hydrogen) atoms. The highest BCUT2D eigenvalue weighted by Crippen LogP contribution is 2.49. The van der Waals surface area contributed by atoms with Crippen LogP contribution in [-0.2, 0) is 4.74 Å². The normalized spacial score (nSPS) is 17.1. The molecule has 3 aromatic rings. The van der Waals surface area contributed by atoms with Crippen LogP contribution in [0.5, 0.6) is 0 Å². The van der Waals surface area contributed by atoms with Gasteiger partial charge in [0.2, 0.25) is 0 Å². The number of pyridine rings is 1. The van der Waals surface area contributed by atoms with E-state index in [0.717, 1.165) is 42.9 Å². The minimum absolute atomic E-state index is 0.233. The molecule has 0 unspecified atom stereocenters. The van der Waals surface area contributed by atoms with Crippen molar-refractivity contribution in [1.29, 1.82) is 0 Å². The molecule has 1 saturated carbocycles.